The minimum Gasteiger partial charge on any atom is -0.336 e. The number of sulfonamides is 1. The van der Waals surface area contributed by atoms with E-state index in [0.29, 0.717) is 13.3 Å². The van der Waals surface area contributed by atoms with Crippen molar-refractivity contribution in [1.29, 1.82) is 0 Å². The van der Waals surface area contributed by atoms with Crippen molar-refractivity contribution in [2.75, 3.05) is 0 Å². The van der Waals surface area contributed by atoms with E-state index < -0.39 is 56.0 Å². The number of hydrogen-bond acceptors (Lipinski definition) is 3. The number of nitrogens with one attached hydrogen (secondary N) is 1. The van der Waals surface area contributed by atoms with Crippen LogP contribution in [0.3, 0.4) is 0 Å². The predicted octanol–water partition coefficient (Wildman–Crippen LogP) is 4.49. The van der Waals surface area contributed by atoms with E-state index in [4.69, 9.17) is 11.6 Å². The van der Waals surface area contributed by atoms with E-state index in [1.165, 1.54) is 21.4 Å². The highest BCUT2D eigenvalue weighted by molar-refractivity contribution is 7.89. The third-order valence-corrected chi connectivity index (χ3v) is 6.79. The van der Waals surface area contributed by atoms with Crippen molar-refractivity contribution in [3.63, 3.8) is 0 Å². The number of benzene rings is 1. The first kappa shape index (κ1) is 23.4. The van der Waals surface area contributed by atoms with Crippen molar-refractivity contribution in [2.45, 2.75) is 43.4 Å². The molecule has 2 heterocycles. The second kappa shape index (κ2) is 8.36. The van der Waals surface area contributed by atoms with Crippen LogP contribution < -0.4 is 4.72 Å². The fourth-order valence-corrected chi connectivity index (χ4v) is 5.30. The van der Waals surface area contributed by atoms with Gasteiger partial charge in [-0.05, 0) is 37.1 Å². The maximum atomic E-state index is 13.5. The molecule has 1 aromatic carbocycles. The van der Waals surface area contributed by atoms with E-state index >= 15 is 0 Å². The maximum Gasteiger partial charge on any atom is 0.404 e. The minimum atomic E-state index is -4.83. The van der Waals surface area contributed by atoms with Crippen molar-refractivity contribution in [2.24, 2.45) is 0 Å². The van der Waals surface area contributed by atoms with E-state index in [1.54, 1.807) is 6.08 Å². The highest BCUT2D eigenvalue weighted by Gasteiger charge is 2.41. The van der Waals surface area contributed by atoms with Gasteiger partial charge in [-0.1, -0.05) is 23.7 Å². The third-order valence-electron chi connectivity index (χ3n) is 4.70. The molecule has 0 aliphatic carbocycles. The lowest BCUT2D eigenvalue weighted by molar-refractivity contribution is -0.147. The second-order valence-electron chi connectivity index (χ2n) is 6.95. The molecule has 168 valence electrons. The Morgan fingerprint density at radius 1 is 1.26 bits per heavy atom. The van der Waals surface area contributed by atoms with E-state index in [1.807, 2.05) is 0 Å². The third kappa shape index (κ3) is 4.68. The summed E-state index contributed by atoms with van der Waals surface area (Å²) in [5, 5.41) is -0.531. The van der Waals surface area contributed by atoms with Crippen molar-refractivity contribution < 1.29 is 35.2 Å². The number of ketones is 1. The molecule has 0 unspecified atom stereocenters. The van der Waals surface area contributed by atoms with Crippen molar-refractivity contribution in [3.8, 4) is 0 Å². The molecule has 0 spiro atoms. The Kier molecular flexibility index (Phi) is 6.32. The predicted molar refractivity (Wildman–Crippen MR) is 103 cm³/mol. The number of carbonyl (C=O) groups is 1. The second-order valence-corrected chi connectivity index (χ2v) is 8.98. The zero-order valence-corrected chi connectivity index (χ0v) is 17.5. The molecule has 0 fully saturated rings. The van der Waals surface area contributed by atoms with E-state index in [-0.39, 0.29) is 23.5 Å². The molecule has 12 heteroatoms. The molecule has 0 bridgehead atoms. The Labute approximate surface area is 179 Å². The number of aromatic nitrogens is 1. The summed E-state index contributed by atoms with van der Waals surface area (Å²) in [6.07, 6.45) is -1.87. The number of alkyl halides is 3. The van der Waals surface area contributed by atoms with Crippen LogP contribution in [0.4, 0.5) is 22.0 Å². The first-order valence-corrected chi connectivity index (χ1v) is 10.8. The van der Waals surface area contributed by atoms with E-state index in [0.717, 1.165) is 12.1 Å². The van der Waals surface area contributed by atoms with Gasteiger partial charge in [0.25, 0.3) is 0 Å². The minimum absolute atomic E-state index is 0.0354. The van der Waals surface area contributed by atoms with Gasteiger partial charge in [0.2, 0.25) is 10.0 Å². The van der Waals surface area contributed by atoms with Gasteiger partial charge in [-0.2, -0.15) is 17.9 Å². The first-order valence-electron chi connectivity index (χ1n) is 8.97. The quantitative estimate of drug-likeness (QED) is 0.487. The van der Waals surface area contributed by atoms with Crippen LogP contribution in [0.1, 0.15) is 35.1 Å². The van der Waals surface area contributed by atoms with Crippen molar-refractivity contribution >= 4 is 33.5 Å². The van der Waals surface area contributed by atoms with Gasteiger partial charge in [0.05, 0.1) is 10.7 Å². The van der Waals surface area contributed by atoms with Crippen molar-refractivity contribution in [3.05, 3.63) is 57.9 Å². The summed E-state index contributed by atoms with van der Waals surface area (Å²) in [5.41, 5.74) is -0.146. The van der Waals surface area contributed by atoms with Gasteiger partial charge in [-0.3, -0.25) is 4.79 Å². The topological polar surface area (TPSA) is 68.2 Å². The fourth-order valence-electron chi connectivity index (χ4n) is 3.18. The number of allylic oxidation sites excluding steroid dienone is 1. The number of halogens is 6. The van der Waals surface area contributed by atoms with Gasteiger partial charge in [0.1, 0.15) is 16.6 Å². The van der Waals surface area contributed by atoms with Crippen LogP contribution in [-0.2, 0) is 23.0 Å². The molecule has 1 atom stereocenters. The highest BCUT2D eigenvalue weighted by Crippen LogP contribution is 2.36. The normalized spacial score (nSPS) is 15.1. The van der Waals surface area contributed by atoms with Gasteiger partial charge in [-0.15, -0.1) is 0 Å². The maximum absolute atomic E-state index is 13.5. The van der Waals surface area contributed by atoms with Crippen LogP contribution in [0.25, 0.3) is 6.08 Å². The Bertz CT molecular complexity index is 1170. The molecule has 0 saturated carbocycles. The number of nitrogens with zero attached hydrogens (tertiary/aromatic N) is 1. The number of hydrogen-bond donors (Lipinski definition) is 1. The molecule has 1 aliphatic rings. The molecule has 5 nitrogen and oxygen atoms in total. The van der Waals surface area contributed by atoms with Crippen LogP contribution in [0.2, 0.25) is 5.02 Å². The molecule has 1 aromatic heterocycles. The SMILES string of the molecule is C[C@@H](NS(=O)(=O)c1c(Cl)c(C(=O)Cc2ccc(F)c(F)c2)n2c1C=CCC2)C(F)(F)F. The standard InChI is InChI=1S/C19H16ClF5N2O3S/c1-10(19(23,24)25)26-31(29,30)18-14-4-2-3-7-27(14)17(16(18)20)15(28)9-11-5-6-12(21)13(22)8-11/h2,4-6,8,10,26H,3,7,9H2,1H3/t10-/m1/s1. The van der Waals surface area contributed by atoms with Crippen LogP contribution in [-0.4, -0.2) is 31.0 Å². The molecule has 31 heavy (non-hydrogen) atoms. The monoisotopic (exact) mass is 482 g/mol. The van der Waals surface area contributed by atoms with Crippen LogP contribution in [0.15, 0.2) is 29.2 Å². The molecule has 0 saturated heterocycles. The molecule has 2 aromatic rings. The Hall–Kier alpha value is -2.24. The Morgan fingerprint density at radius 2 is 1.94 bits per heavy atom. The lowest BCUT2D eigenvalue weighted by Gasteiger charge is -2.18. The molecule has 1 N–H and O–H groups in total. The van der Waals surface area contributed by atoms with Gasteiger partial charge in [0.15, 0.2) is 17.4 Å². The molecule has 0 amide bonds. The first-order chi connectivity index (χ1) is 14.3. The molecule has 0 radical (unpaired) electrons. The van der Waals surface area contributed by atoms with Gasteiger partial charge in [0, 0.05) is 13.0 Å². The van der Waals surface area contributed by atoms with Gasteiger partial charge < -0.3 is 4.57 Å². The summed E-state index contributed by atoms with van der Waals surface area (Å²) in [4.78, 5) is 12.2. The Morgan fingerprint density at radius 3 is 2.55 bits per heavy atom. The molecular weight excluding hydrogens is 467 g/mol. The summed E-state index contributed by atoms with van der Waals surface area (Å²) in [6, 6.07) is 0.464. The van der Waals surface area contributed by atoms with Gasteiger partial charge >= 0.3 is 6.18 Å². The average molecular weight is 483 g/mol. The lowest BCUT2D eigenvalue weighted by Crippen LogP contribution is -2.43. The number of rotatable bonds is 6. The number of Topliss-reactive ketones (excluding diaryl/α,β-unsaturated/α-hetero) is 1. The highest BCUT2D eigenvalue weighted by atomic mass is 35.5. The Balaban J connectivity index is 2.05. The fraction of sp³-hybridized carbons (Fsp3) is 0.316. The molecule has 1 aliphatic heterocycles. The zero-order valence-electron chi connectivity index (χ0n) is 15.9. The average Bonchev–Trinajstić information content (AvgIpc) is 2.96. The number of carbonyl (C=O) groups excluding carboxylic acids is 1. The summed E-state index contributed by atoms with van der Waals surface area (Å²) in [6.45, 7) is 0.799. The van der Waals surface area contributed by atoms with Crippen molar-refractivity contribution in [1.82, 2.24) is 9.29 Å². The van der Waals surface area contributed by atoms with Crippen LogP contribution in [0.5, 0.6) is 0 Å². The van der Waals surface area contributed by atoms with E-state index in [2.05, 4.69) is 0 Å². The smallest absolute Gasteiger partial charge is 0.336 e. The molecule has 3 rings (SSSR count). The largest absolute Gasteiger partial charge is 0.404 e. The lowest BCUT2D eigenvalue weighted by atomic mass is 10.1. The van der Waals surface area contributed by atoms with Crippen LogP contribution >= 0.6 is 11.6 Å². The summed E-state index contributed by atoms with van der Waals surface area (Å²) in [7, 11) is -4.75. The summed E-state index contributed by atoms with van der Waals surface area (Å²) < 4.78 is 93.5. The number of fused-ring (bicyclic) bond motifs is 1. The summed E-state index contributed by atoms with van der Waals surface area (Å²) in [5.74, 6) is -2.96. The zero-order chi connectivity index (χ0) is 23.1. The summed E-state index contributed by atoms with van der Waals surface area (Å²) >= 11 is 6.21. The molecular formula is C19H16ClF5N2O3S. The van der Waals surface area contributed by atoms with Crippen LogP contribution in [0, 0.1) is 11.6 Å². The van der Waals surface area contributed by atoms with E-state index in [9.17, 15) is 35.2 Å². The van der Waals surface area contributed by atoms with Gasteiger partial charge in [-0.25, -0.2) is 17.2 Å².